The normalized spacial score (nSPS) is 13.8. The molecule has 1 atom stereocenters. The van der Waals surface area contributed by atoms with E-state index in [0.717, 1.165) is 4.68 Å². The fourth-order valence-corrected chi connectivity index (χ4v) is 1.47. The highest BCUT2D eigenvalue weighted by atomic mass is 35.5. The minimum absolute atomic E-state index is 0.269. The largest absolute Gasteiger partial charge is 0.480 e. The van der Waals surface area contributed by atoms with Crippen LogP contribution in [0, 0.1) is 0 Å². The molecule has 1 aromatic heterocycles. The Labute approximate surface area is 99.0 Å². The first-order valence-electron chi connectivity index (χ1n) is 4.41. The summed E-state index contributed by atoms with van der Waals surface area (Å²) >= 11 is 5.62. The van der Waals surface area contributed by atoms with Gasteiger partial charge in [0.15, 0.2) is 5.69 Å². The number of halogens is 4. The molecule has 0 spiro atoms. The van der Waals surface area contributed by atoms with E-state index in [0.29, 0.717) is 0 Å². The molecule has 0 aromatic carbocycles. The van der Waals surface area contributed by atoms with Gasteiger partial charge in [0.05, 0.1) is 0 Å². The van der Waals surface area contributed by atoms with Crippen molar-refractivity contribution in [3.8, 4) is 0 Å². The monoisotopic (exact) mass is 271 g/mol. The first kappa shape index (κ1) is 13.8. The molecular formula is C8H9ClF3N3O2. The zero-order valence-corrected chi connectivity index (χ0v) is 9.38. The van der Waals surface area contributed by atoms with Crippen molar-refractivity contribution in [3.05, 3.63) is 16.4 Å². The molecule has 0 aliphatic heterocycles. The molecule has 96 valence electrons. The zero-order valence-electron chi connectivity index (χ0n) is 8.62. The predicted octanol–water partition coefficient (Wildman–Crippen LogP) is 1.05. The lowest BCUT2D eigenvalue weighted by molar-refractivity contribution is -0.143. The van der Waals surface area contributed by atoms with Gasteiger partial charge in [0.25, 0.3) is 0 Å². The minimum Gasteiger partial charge on any atom is -0.480 e. The number of aryl methyl sites for hydroxylation is 1. The smallest absolute Gasteiger partial charge is 0.435 e. The highest BCUT2D eigenvalue weighted by Gasteiger charge is 2.39. The molecule has 9 heteroatoms. The van der Waals surface area contributed by atoms with Gasteiger partial charge in [-0.05, 0) is 0 Å². The lowest BCUT2D eigenvalue weighted by Gasteiger charge is -2.08. The van der Waals surface area contributed by atoms with Crippen LogP contribution in [0.4, 0.5) is 13.2 Å². The van der Waals surface area contributed by atoms with Crippen molar-refractivity contribution in [2.75, 3.05) is 0 Å². The van der Waals surface area contributed by atoms with Crippen molar-refractivity contribution in [2.45, 2.75) is 18.6 Å². The van der Waals surface area contributed by atoms with Crippen molar-refractivity contribution < 1.29 is 23.1 Å². The fraction of sp³-hybridized carbons (Fsp3) is 0.500. The third-order valence-electron chi connectivity index (χ3n) is 2.08. The summed E-state index contributed by atoms with van der Waals surface area (Å²) in [5.74, 6) is -1.40. The number of nitrogens with two attached hydrogens (primary N) is 1. The maximum Gasteiger partial charge on any atom is 0.435 e. The Morgan fingerprint density at radius 1 is 1.65 bits per heavy atom. The average Bonchev–Trinajstić information content (AvgIpc) is 2.45. The van der Waals surface area contributed by atoms with Crippen molar-refractivity contribution in [1.29, 1.82) is 0 Å². The zero-order chi connectivity index (χ0) is 13.4. The number of alkyl halides is 3. The Morgan fingerprint density at radius 3 is 2.59 bits per heavy atom. The highest BCUT2D eigenvalue weighted by Crippen LogP contribution is 2.34. The molecule has 0 aliphatic rings. The Hall–Kier alpha value is -1.28. The second-order valence-electron chi connectivity index (χ2n) is 3.39. The number of hydrogen-bond acceptors (Lipinski definition) is 3. The van der Waals surface area contributed by atoms with Crippen molar-refractivity contribution in [3.63, 3.8) is 0 Å². The molecule has 0 aliphatic carbocycles. The van der Waals surface area contributed by atoms with Gasteiger partial charge in [0.1, 0.15) is 11.2 Å². The van der Waals surface area contributed by atoms with Gasteiger partial charge in [-0.25, -0.2) is 0 Å². The van der Waals surface area contributed by atoms with Crippen LogP contribution in [-0.2, 0) is 24.4 Å². The molecule has 0 fully saturated rings. The third-order valence-corrected chi connectivity index (χ3v) is 2.55. The molecule has 3 N–H and O–H groups in total. The van der Waals surface area contributed by atoms with E-state index in [2.05, 4.69) is 5.10 Å². The van der Waals surface area contributed by atoms with Crippen molar-refractivity contribution in [1.82, 2.24) is 9.78 Å². The summed E-state index contributed by atoms with van der Waals surface area (Å²) < 4.78 is 38.5. The standard InChI is InChI=1S/C8H9ClF3N3O2/c1-15-6(9)3(2-4(13)7(16)17)5(14-15)8(10,11)12/h4H,2,13H2,1H3,(H,16,17). The average molecular weight is 272 g/mol. The minimum atomic E-state index is -4.70. The van der Waals surface area contributed by atoms with Gasteiger partial charge in [-0.1, -0.05) is 11.6 Å². The van der Waals surface area contributed by atoms with Crippen LogP contribution in [0.3, 0.4) is 0 Å². The molecule has 0 amide bonds. The molecule has 1 rings (SSSR count). The Morgan fingerprint density at radius 2 is 2.18 bits per heavy atom. The first-order valence-corrected chi connectivity index (χ1v) is 4.79. The highest BCUT2D eigenvalue weighted by molar-refractivity contribution is 6.30. The van der Waals surface area contributed by atoms with Crippen LogP contribution in [0.2, 0.25) is 5.15 Å². The summed E-state index contributed by atoms with van der Waals surface area (Å²) in [6.07, 6.45) is -5.23. The second kappa shape index (κ2) is 4.53. The predicted molar refractivity (Wildman–Crippen MR) is 52.5 cm³/mol. The lowest BCUT2D eigenvalue weighted by Crippen LogP contribution is -2.33. The molecule has 1 aromatic rings. The van der Waals surface area contributed by atoms with E-state index in [4.69, 9.17) is 22.4 Å². The Kier molecular flexibility index (Phi) is 3.68. The van der Waals surface area contributed by atoms with E-state index >= 15 is 0 Å². The number of carbonyl (C=O) groups is 1. The van der Waals surface area contributed by atoms with E-state index < -0.39 is 35.9 Å². The molecular weight excluding hydrogens is 263 g/mol. The number of carboxylic acids is 1. The Bertz CT molecular complexity index is 444. The van der Waals surface area contributed by atoms with E-state index in [1.54, 1.807) is 0 Å². The van der Waals surface area contributed by atoms with E-state index in [-0.39, 0.29) is 5.15 Å². The molecule has 1 unspecified atom stereocenters. The van der Waals surface area contributed by atoms with E-state index in [9.17, 15) is 18.0 Å². The van der Waals surface area contributed by atoms with Crippen molar-refractivity contribution >= 4 is 17.6 Å². The number of carboxylic acid groups (broad SMARTS) is 1. The van der Waals surface area contributed by atoms with Crippen LogP contribution in [0.15, 0.2) is 0 Å². The van der Waals surface area contributed by atoms with Gasteiger partial charge in [-0.3, -0.25) is 9.48 Å². The number of aromatic nitrogens is 2. The molecule has 0 saturated heterocycles. The fourth-order valence-electron chi connectivity index (χ4n) is 1.26. The van der Waals surface area contributed by atoms with Crippen molar-refractivity contribution in [2.24, 2.45) is 12.8 Å². The van der Waals surface area contributed by atoms with Gasteiger partial charge in [0.2, 0.25) is 0 Å². The summed E-state index contributed by atoms with van der Waals surface area (Å²) in [5, 5.41) is 11.5. The van der Waals surface area contributed by atoms with Gasteiger partial charge in [0, 0.05) is 19.0 Å². The maximum atomic E-state index is 12.6. The maximum absolute atomic E-state index is 12.6. The number of rotatable bonds is 3. The summed E-state index contributed by atoms with van der Waals surface area (Å²) in [4.78, 5) is 10.5. The van der Waals surface area contributed by atoms with Gasteiger partial charge >= 0.3 is 12.1 Å². The molecule has 17 heavy (non-hydrogen) atoms. The summed E-state index contributed by atoms with van der Waals surface area (Å²) in [5.41, 5.74) is 3.56. The van der Waals surface area contributed by atoms with Crippen LogP contribution < -0.4 is 5.73 Å². The summed E-state index contributed by atoms with van der Waals surface area (Å²) in [6, 6.07) is -1.46. The van der Waals surface area contributed by atoms with Crippen LogP contribution in [0.25, 0.3) is 0 Å². The van der Waals surface area contributed by atoms with E-state index in [1.807, 2.05) is 0 Å². The molecule has 5 nitrogen and oxygen atoms in total. The third kappa shape index (κ3) is 2.89. The quantitative estimate of drug-likeness (QED) is 0.861. The van der Waals surface area contributed by atoms with Crippen LogP contribution >= 0.6 is 11.6 Å². The first-order chi connectivity index (χ1) is 7.64. The van der Waals surface area contributed by atoms with E-state index in [1.165, 1.54) is 7.05 Å². The van der Waals surface area contributed by atoms with Gasteiger partial charge < -0.3 is 10.8 Å². The molecule has 1 heterocycles. The van der Waals surface area contributed by atoms with Crippen LogP contribution in [0.1, 0.15) is 11.3 Å². The Balaban J connectivity index is 3.18. The number of nitrogens with zero attached hydrogens (tertiary/aromatic N) is 2. The topological polar surface area (TPSA) is 81.1 Å². The molecule has 0 radical (unpaired) electrons. The number of aliphatic carboxylic acids is 1. The summed E-state index contributed by atoms with van der Waals surface area (Å²) in [6.45, 7) is 0. The SMILES string of the molecule is Cn1nc(C(F)(F)F)c(CC(N)C(=O)O)c1Cl. The van der Waals surface area contributed by atoms with Crippen LogP contribution in [-0.4, -0.2) is 26.9 Å². The van der Waals surface area contributed by atoms with Crippen LogP contribution in [0.5, 0.6) is 0 Å². The summed E-state index contributed by atoms with van der Waals surface area (Å²) in [7, 11) is 1.23. The molecule has 0 bridgehead atoms. The van der Waals surface area contributed by atoms with Gasteiger partial charge in [-0.2, -0.15) is 18.3 Å². The molecule has 0 saturated carbocycles. The lowest BCUT2D eigenvalue weighted by atomic mass is 10.1. The number of hydrogen-bond donors (Lipinski definition) is 2. The van der Waals surface area contributed by atoms with Gasteiger partial charge in [-0.15, -0.1) is 0 Å². The second-order valence-corrected chi connectivity index (χ2v) is 3.75.